The first-order valence-electron chi connectivity index (χ1n) is 6.14. The fraction of sp³-hybridized carbons (Fsp3) is 0.200. The van der Waals surface area contributed by atoms with Crippen molar-refractivity contribution in [3.63, 3.8) is 0 Å². The molecule has 3 nitrogen and oxygen atoms in total. The number of hydrogen-bond donors (Lipinski definition) is 1. The molecule has 18 heavy (non-hydrogen) atoms. The molecule has 0 bridgehead atoms. The van der Waals surface area contributed by atoms with Gasteiger partial charge in [-0.3, -0.25) is 4.98 Å². The topological polar surface area (TPSA) is 41.6 Å². The maximum Gasteiger partial charge on any atom is 0.138 e. The van der Waals surface area contributed by atoms with Gasteiger partial charge in [0.2, 0.25) is 0 Å². The standard InChI is InChI=1S/C15H15N3/c1-10(2)11-3-5-12(6-4-11)15-17-13-7-8-16-9-14(13)18-15/h3-10H,1-2H3,(H,17,18). The summed E-state index contributed by atoms with van der Waals surface area (Å²) in [6, 6.07) is 10.5. The van der Waals surface area contributed by atoms with Gasteiger partial charge < -0.3 is 4.98 Å². The summed E-state index contributed by atoms with van der Waals surface area (Å²) in [5, 5.41) is 0. The summed E-state index contributed by atoms with van der Waals surface area (Å²) >= 11 is 0. The molecule has 0 atom stereocenters. The van der Waals surface area contributed by atoms with Crippen LogP contribution in [0.3, 0.4) is 0 Å². The number of hydrogen-bond acceptors (Lipinski definition) is 2. The number of benzene rings is 1. The number of H-pyrrole nitrogens is 1. The van der Waals surface area contributed by atoms with Crippen molar-refractivity contribution < 1.29 is 0 Å². The van der Waals surface area contributed by atoms with Crippen molar-refractivity contribution in [2.45, 2.75) is 19.8 Å². The third-order valence-electron chi connectivity index (χ3n) is 3.14. The third kappa shape index (κ3) is 1.88. The van der Waals surface area contributed by atoms with Crippen LogP contribution >= 0.6 is 0 Å². The zero-order valence-electron chi connectivity index (χ0n) is 10.5. The van der Waals surface area contributed by atoms with E-state index in [9.17, 15) is 0 Å². The van der Waals surface area contributed by atoms with Gasteiger partial charge in [-0.2, -0.15) is 0 Å². The van der Waals surface area contributed by atoms with Crippen molar-refractivity contribution in [3.05, 3.63) is 48.3 Å². The normalized spacial score (nSPS) is 11.3. The first-order chi connectivity index (χ1) is 8.74. The predicted molar refractivity (Wildman–Crippen MR) is 73.4 cm³/mol. The minimum absolute atomic E-state index is 0.555. The molecule has 0 aliphatic carbocycles. The summed E-state index contributed by atoms with van der Waals surface area (Å²) in [7, 11) is 0. The molecule has 2 heterocycles. The second-order valence-corrected chi connectivity index (χ2v) is 4.75. The van der Waals surface area contributed by atoms with Crippen LogP contribution in [0.4, 0.5) is 0 Å². The lowest BCUT2D eigenvalue weighted by atomic mass is 10.0. The Morgan fingerprint density at radius 1 is 1.06 bits per heavy atom. The van der Waals surface area contributed by atoms with E-state index in [-0.39, 0.29) is 0 Å². The van der Waals surface area contributed by atoms with Gasteiger partial charge in [-0.1, -0.05) is 38.1 Å². The van der Waals surface area contributed by atoms with Crippen molar-refractivity contribution in [1.29, 1.82) is 0 Å². The molecule has 3 rings (SSSR count). The van der Waals surface area contributed by atoms with Crippen molar-refractivity contribution in [2.24, 2.45) is 0 Å². The highest BCUT2D eigenvalue weighted by molar-refractivity contribution is 5.78. The van der Waals surface area contributed by atoms with Gasteiger partial charge in [0.25, 0.3) is 0 Å². The lowest BCUT2D eigenvalue weighted by Crippen LogP contribution is -1.87. The molecule has 0 unspecified atom stereocenters. The number of fused-ring (bicyclic) bond motifs is 1. The molecular formula is C15H15N3. The molecule has 90 valence electrons. The van der Waals surface area contributed by atoms with Gasteiger partial charge >= 0.3 is 0 Å². The van der Waals surface area contributed by atoms with E-state index < -0.39 is 0 Å². The predicted octanol–water partition coefficient (Wildman–Crippen LogP) is 3.75. The summed E-state index contributed by atoms with van der Waals surface area (Å²) in [4.78, 5) is 11.9. The van der Waals surface area contributed by atoms with Crippen LogP contribution in [0.5, 0.6) is 0 Å². The van der Waals surface area contributed by atoms with Gasteiger partial charge in [0.1, 0.15) is 11.3 Å². The highest BCUT2D eigenvalue weighted by Gasteiger charge is 2.05. The molecule has 0 aliphatic rings. The van der Waals surface area contributed by atoms with Gasteiger partial charge in [0, 0.05) is 11.8 Å². The average molecular weight is 237 g/mol. The molecule has 2 aromatic heterocycles. The molecule has 3 heteroatoms. The lowest BCUT2D eigenvalue weighted by Gasteiger charge is -2.05. The van der Waals surface area contributed by atoms with Gasteiger partial charge in [-0.15, -0.1) is 0 Å². The van der Waals surface area contributed by atoms with E-state index in [4.69, 9.17) is 0 Å². The fourth-order valence-corrected chi connectivity index (χ4v) is 2.02. The molecule has 0 fully saturated rings. The Morgan fingerprint density at radius 3 is 2.50 bits per heavy atom. The van der Waals surface area contributed by atoms with Crippen LogP contribution < -0.4 is 0 Å². The van der Waals surface area contributed by atoms with Crippen molar-refractivity contribution in [2.75, 3.05) is 0 Å². The maximum absolute atomic E-state index is 4.54. The molecule has 0 aliphatic heterocycles. The molecule has 0 saturated carbocycles. The van der Waals surface area contributed by atoms with E-state index in [1.54, 1.807) is 12.4 Å². The molecule has 1 N–H and O–H groups in total. The highest BCUT2D eigenvalue weighted by atomic mass is 14.9. The number of nitrogens with one attached hydrogen (secondary N) is 1. The second-order valence-electron chi connectivity index (χ2n) is 4.75. The molecule has 0 saturated heterocycles. The number of pyridine rings is 1. The highest BCUT2D eigenvalue weighted by Crippen LogP contribution is 2.22. The van der Waals surface area contributed by atoms with Crippen LogP contribution in [0.1, 0.15) is 25.3 Å². The second kappa shape index (κ2) is 4.26. The monoisotopic (exact) mass is 237 g/mol. The first-order valence-corrected chi connectivity index (χ1v) is 6.14. The minimum atomic E-state index is 0.555. The van der Waals surface area contributed by atoms with Gasteiger partial charge in [0.15, 0.2) is 0 Å². The van der Waals surface area contributed by atoms with E-state index in [1.165, 1.54) is 5.56 Å². The van der Waals surface area contributed by atoms with Crippen LogP contribution in [-0.2, 0) is 0 Å². The van der Waals surface area contributed by atoms with E-state index in [1.807, 2.05) is 6.07 Å². The Balaban J connectivity index is 2.03. The van der Waals surface area contributed by atoms with Crippen LogP contribution in [0.25, 0.3) is 22.4 Å². The first kappa shape index (κ1) is 11.0. The molecular weight excluding hydrogens is 222 g/mol. The average Bonchev–Trinajstić information content (AvgIpc) is 2.82. The van der Waals surface area contributed by atoms with Crippen molar-refractivity contribution in [1.82, 2.24) is 15.0 Å². The van der Waals surface area contributed by atoms with E-state index in [0.717, 1.165) is 22.4 Å². The summed E-state index contributed by atoms with van der Waals surface area (Å²) in [6.45, 7) is 4.39. The molecule has 0 spiro atoms. The summed E-state index contributed by atoms with van der Waals surface area (Å²) in [5.41, 5.74) is 4.38. The van der Waals surface area contributed by atoms with Gasteiger partial charge in [-0.05, 0) is 17.5 Å². The zero-order chi connectivity index (χ0) is 12.5. The Labute approximate surface area is 106 Å². The van der Waals surface area contributed by atoms with E-state index >= 15 is 0 Å². The van der Waals surface area contributed by atoms with Gasteiger partial charge in [0.05, 0.1) is 11.7 Å². The Morgan fingerprint density at radius 2 is 1.83 bits per heavy atom. The largest absolute Gasteiger partial charge is 0.338 e. The Bertz CT molecular complexity index is 633. The maximum atomic E-state index is 4.54. The summed E-state index contributed by atoms with van der Waals surface area (Å²) in [5.74, 6) is 1.45. The number of rotatable bonds is 2. The van der Waals surface area contributed by atoms with E-state index in [2.05, 4.69) is 53.1 Å². The SMILES string of the molecule is CC(C)c1ccc(-c2nc3cnccc3[nH]2)cc1. The van der Waals surface area contributed by atoms with Crippen LogP contribution in [0, 0.1) is 0 Å². The minimum Gasteiger partial charge on any atom is -0.338 e. The Hall–Kier alpha value is -2.16. The Kier molecular flexibility index (Phi) is 2.59. The summed E-state index contributed by atoms with van der Waals surface area (Å²) in [6.07, 6.45) is 3.55. The number of imidazole rings is 1. The molecule has 0 amide bonds. The third-order valence-corrected chi connectivity index (χ3v) is 3.14. The number of nitrogens with zero attached hydrogens (tertiary/aromatic N) is 2. The number of aromatic nitrogens is 3. The van der Waals surface area contributed by atoms with Gasteiger partial charge in [-0.25, -0.2) is 4.98 Å². The van der Waals surface area contributed by atoms with Crippen LogP contribution in [-0.4, -0.2) is 15.0 Å². The lowest BCUT2D eigenvalue weighted by molar-refractivity contribution is 0.867. The number of aromatic amines is 1. The fourth-order valence-electron chi connectivity index (χ4n) is 2.02. The smallest absolute Gasteiger partial charge is 0.138 e. The zero-order valence-corrected chi connectivity index (χ0v) is 10.5. The van der Waals surface area contributed by atoms with Crippen molar-refractivity contribution >= 4 is 11.0 Å². The molecule has 3 aromatic rings. The quantitative estimate of drug-likeness (QED) is 0.737. The molecule has 1 aromatic carbocycles. The van der Waals surface area contributed by atoms with E-state index in [0.29, 0.717) is 5.92 Å². The van der Waals surface area contributed by atoms with Crippen LogP contribution in [0.2, 0.25) is 0 Å². The van der Waals surface area contributed by atoms with Crippen LogP contribution in [0.15, 0.2) is 42.7 Å². The summed E-state index contributed by atoms with van der Waals surface area (Å²) < 4.78 is 0. The molecule has 0 radical (unpaired) electrons. The van der Waals surface area contributed by atoms with Crippen molar-refractivity contribution in [3.8, 4) is 11.4 Å².